The fraction of sp³-hybridized carbons (Fsp3) is 0.273. The number of carbonyl (C=O) groups excluding carboxylic acids is 1. The fourth-order valence-electron chi connectivity index (χ4n) is 3.07. The molecule has 10 heteroatoms. The first-order valence-corrected chi connectivity index (χ1v) is 13.2. The van der Waals surface area contributed by atoms with E-state index in [1.165, 1.54) is 39.9 Å². The highest BCUT2D eigenvalue weighted by Crippen LogP contribution is 2.30. The highest BCUT2D eigenvalue weighted by Gasteiger charge is 2.23. The second kappa shape index (κ2) is 10.8. The summed E-state index contributed by atoms with van der Waals surface area (Å²) in [6.07, 6.45) is 1.47. The second-order valence-corrected chi connectivity index (χ2v) is 10.7. The van der Waals surface area contributed by atoms with Crippen LogP contribution in [0.15, 0.2) is 52.7 Å². The molecule has 0 unspecified atom stereocenters. The Morgan fingerprint density at radius 2 is 1.69 bits per heavy atom. The van der Waals surface area contributed by atoms with Gasteiger partial charge in [-0.3, -0.25) is 10.1 Å². The molecule has 0 radical (unpaired) electrons. The number of anilines is 1. The number of benzene rings is 2. The molecular formula is C22H23Cl2N3O3S2. The third kappa shape index (κ3) is 5.68. The lowest BCUT2D eigenvalue weighted by atomic mass is 10.2. The van der Waals surface area contributed by atoms with Crippen LogP contribution in [0, 0.1) is 0 Å². The first kappa shape index (κ1) is 24.7. The average Bonchev–Trinajstić information content (AvgIpc) is 3.24. The highest BCUT2D eigenvalue weighted by molar-refractivity contribution is 7.89. The zero-order chi connectivity index (χ0) is 23.3. The van der Waals surface area contributed by atoms with E-state index in [1.807, 2.05) is 13.8 Å². The van der Waals surface area contributed by atoms with Crippen molar-refractivity contribution in [2.75, 3.05) is 18.4 Å². The molecule has 2 aromatic carbocycles. The first-order valence-electron chi connectivity index (χ1n) is 10.1. The van der Waals surface area contributed by atoms with E-state index in [2.05, 4.69) is 10.3 Å². The van der Waals surface area contributed by atoms with Crippen molar-refractivity contribution in [3.05, 3.63) is 63.5 Å². The number of nitrogens with one attached hydrogen (secondary N) is 1. The lowest BCUT2D eigenvalue weighted by molar-refractivity contribution is 0.102. The summed E-state index contributed by atoms with van der Waals surface area (Å²) in [4.78, 5) is 17.2. The smallest absolute Gasteiger partial charge is 0.257 e. The van der Waals surface area contributed by atoms with Gasteiger partial charge in [-0.1, -0.05) is 43.1 Å². The number of hydrogen-bond donors (Lipinski definition) is 1. The molecule has 0 aliphatic heterocycles. The van der Waals surface area contributed by atoms with Crippen molar-refractivity contribution < 1.29 is 13.2 Å². The number of carbonyl (C=O) groups is 1. The molecule has 0 aliphatic carbocycles. The summed E-state index contributed by atoms with van der Waals surface area (Å²) in [7, 11) is -3.59. The molecule has 0 aliphatic rings. The molecule has 32 heavy (non-hydrogen) atoms. The van der Waals surface area contributed by atoms with Gasteiger partial charge in [0, 0.05) is 29.6 Å². The van der Waals surface area contributed by atoms with Gasteiger partial charge in [0.25, 0.3) is 5.91 Å². The van der Waals surface area contributed by atoms with Gasteiger partial charge in [-0.25, -0.2) is 13.4 Å². The fourth-order valence-corrected chi connectivity index (χ4v) is 5.70. The molecule has 170 valence electrons. The maximum Gasteiger partial charge on any atom is 0.257 e. The van der Waals surface area contributed by atoms with Gasteiger partial charge in [-0.2, -0.15) is 4.31 Å². The van der Waals surface area contributed by atoms with Crippen molar-refractivity contribution >= 4 is 55.6 Å². The Hall–Kier alpha value is -1.97. The minimum absolute atomic E-state index is 0.173. The van der Waals surface area contributed by atoms with Crippen molar-refractivity contribution in [1.82, 2.24) is 9.29 Å². The van der Waals surface area contributed by atoms with E-state index in [0.717, 1.165) is 18.4 Å². The molecule has 3 aromatic rings. The monoisotopic (exact) mass is 511 g/mol. The first-order chi connectivity index (χ1) is 15.3. The van der Waals surface area contributed by atoms with Gasteiger partial charge in [0.2, 0.25) is 10.0 Å². The van der Waals surface area contributed by atoms with Crippen LogP contribution in [0.3, 0.4) is 0 Å². The summed E-state index contributed by atoms with van der Waals surface area (Å²) in [5, 5.41) is 5.85. The maximum atomic E-state index is 12.9. The third-order valence-electron chi connectivity index (χ3n) is 4.64. The van der Waals surface area contributed by atoms with Crippen LogP contribution in [0.1, 0.15) is 37.0 Å². The Balaban J connectivity index is 1.73. The number of hydrogen-bond acceptors (Lipinski definition) is 5. The van der Waals surface area contributed by atoms with Crippen LogP contribution < -0.4 is 5.32 Å². The molecule has 1 heterocycles. The van der Waals surface area contributed by atoms with Crippen LogP contribution in [0.4, 0.5) is 5.13 Å². The van der Waals surface area contributed by atoms with E-state index in [4.69, 9.17) is 23.2 Å². The molecule has 1 aromatic heterocycles. The van der Waals surface area contributed by atoms with Gasteiger partial charge in [0.05, 0.1) is 20.6 Å². The molecule has 0 spiro atoms. The standard InChI is InChI=1S/C22H23Cl2N3O3S2/c1-3-11-27(12-4-2)32(29,30)17-8-5-15(6-9-17)21(28)26-22-25-20(14-31-22)16-7-10-18(23)19(24)13-16/h5-10,13-14H,3-4,11-12H2,1-2H3,(H,25,26,28). The quantitative estimate of drug-likeness (QED) is 0.371. The predicted octanol–water partition coefficient (Wildman–Crippen LogP) is 6.18. The lowest BCUT2D eigenvalue weighted by Gasteiger charge is -2.21. The van der Waals surface area contributed by atoms with Crippen molar-refractivity contribution in [3.63, 3.8) is 0 Å². The SMILES string of the molecule is CCCN(CCC)S(=O)(=O)c1ccc(C(=O)Nc2nc(-c3ccc(Cl)c(Cl)c3)cs2)cc1. The average molecular weight is 512 g/mol. The van der Waals surface area contributed by atoms with E-state index in [9.17, 15) is 13.2 Å². The highest BCUT2D eigenvalue weighted by atomic mass is 35.5. The number of nitrogens with zero attached hydrogens (tertiary/aromatic N) is 2. The molecule has 0 atom stereocenters. The molecule has 1 N–H and O–H groups in total. The summed E-state index contributed by atoms with van der Waals surface area (Å²) in [6, 6.07) is 11.1. The number of halogens is 2. The zero-order valence-electron chi connectivity index (χ0n) is 17.6. The second-order valence-electron chi connectivity index (χ2n) is 7.05. The van der Waals surface area contributed by atoms with Crippen LogP contribution in [-0.2, 0) is 10.0 Å². The van der Waals surface area contributed by atoms with Crippen LogP contribution in [0.2, 0.25) is 10.0 Å². The minimum Gasteiger partial charge on any atom is -0.298 e. The molecular weight excluding hydrogens is 489 g/mol. The number of sulfonamides is 1. The van der Waals surface area contributed by atoms with Gasteiger partial charge in [-0.05, 0) is 49.2 Å². The Bertz CT molecular complexity index is 1190. The lowest BCUT2D eigenvalue weighted by Crippen LogP contribution is -2.32. The summed E-state index contributed by atoms with van der Waals surface area (Å²) >= 11 is 13.3. The van der Waals surface area contributed by atoms with Crippen LogP contribution in [0.5, 0.6) is 0 Å². The van der Waals surface area contributed by atoms with Crippen LogP contribution in [-0.4, -0.2) is 36.7 Å². The molecule has 6 nitrogen and oxygen atoms in total. The Kier molecular flexibility index (Phi) is 8.30. The van der Waals surface area contributed by atoms with Gasteiger partial charge < -0.3 is 0 Å². The van der Waals surface area contributed by atoms with E-state index in [0.29, 0.717) is 39.5 Å². The van der Waals surface area contributed by atoms with E-state index in [-0.39, 0.29) is 10.8 Å². The van der Waals surface area contributed by atoms with E-state index < -0.39 is 10.0 Å². The molecule has 0 bridgehead atoms. The number of rotatable bonds is 9. The van der Waals surface area contributed by atoms with Crippen molar-refractivity contribution in [2.45, 2.75) is 31.6 Å². The predicted molar refractivity (Wildman–Crippen MR) is 131 cm³/mol. The van der Waals surface area contributed by atoms with Crippen LogP contribution >= 0.6 is 34.5 Å². The van der Waals surface area contributed by atoms with Gasteiger partial charge in [0.1, 0.15) is 0 Å². The zero-order valence-corrected chi connectivity index (χ0v) is 20.8. The number of thiazole rings is 1. The Labute approximate surface area is 202 Å². The third-order valence-corrected chi connectivity index (χ3v) is 8.05. The van der Waals surface area contributed by atoms with Crippen molar-refractivity contribution in [2.24, 2.45) is 0 Å². The van der Waals surface area contributed by atoms with Crippen molar-refractivity contribution in [3.8, 4) is 11.3 Å². The van der Waals surface area contributed by atoms with E-state index >= 15 is 0 Å². The Morgan fingerprint density at radius 1 is 1.03 bits per heavy atom. The Morgan fingerprint density at radius 3 is 2.28 bits per heavy atom. The van der Waals surface area contributed by atoms with Gasteiger partial charge in [0.15, 0.2) is 5.13 Å². The molecule has 0 saturated heterocycles. The molecule has 3 rings (SSSR count). The number of amides is 1. The normalized spacial score (nSPS) is 11.7. The molecule has 1 amide bonds. The summed E-state index contributed by atoms with van der Waals surface area (Å²) in [5.41, 5.74) is 1.79. The number of aromatic nitrogens is 1. The van der Waals surface area contributed by atoms with Gasteiger partial charge in [-0.15, -0.1) is 11.3 Å². The molecule has 0 saturated carbocycles. The summed E-state index contributed by atoms with van der Waals surface area (Å²) in [5.74, 6) is -0.372. The largest absolute Gasteiger partial charge is 0.298 e. The van der Waals surface area contributed by atoms with Crippen LogP contribution in [0.25, 0.3) is 11.3 Å². The minimum atomic E-state index is -3.59. The molecule has 0 fully saturated rings. The van der Waals surface area contributed by atoms with Gasteiger partial charge >= 0.3 is 0 Å². The topological polar surface area (TPSA) is 79.4 Å². The summed E-state index contributed by atoms with van der Waals surface area (Å²) < 4.78 is 27.2. The van der Waals surface area contributed by atoms with Crippen molar-refractivity contribution in [1.29, 1.82) is 0 Å². The van der Waals surface area contributed by atoms with E-state index in [1.54, 1.807) is 23.6 Å². The summed E-state index contributed by atoms with van der Waals surface area (Å²) in [6.45, 7) is 4.81. The maximum absolute atomic E-state index is 12.9.